The lowest BCUT2D eigenvalue weighted by Gasteiger charge is -2.29. The molecule has 6 nitrogen and oxygen atoms in total. The Balaban J connectivity index is 1.59. The number of rotatable bonds is 6. The second-order valence-electron chi connectivity index (χ2n) is 8.30. The number of anilines is 2. The van der Waals surface area contributed by atoms with E-state index in [4.69, 9.17) is 23.2 Å². The number of allylic oxidation sites excluding steroid dienone is 1. The maximum atomic E-state index is 13.4. The summed E-state index contributed by atoms with van der Waals surface area (Å²) >= 11 is 14.8. The summed E-state index contributed by atoms with van der Waals surface area (Å²) in [5.74, 6) is -1.77. The van der Waals surface area contributed by atoms with E-state index in [2.05, 4.69) is 21.7 Å². The average Bonchev–Trinajstić information content (AvgIpc) is 3.41. The molecule has 0 saturated heterocycles. The van der Waals surface area contributed by atoms with E-state index in [0.29, 0.717) is 37.7 Å². The van der Waals surface area contributed by atoms with Crippen LogP contribution in [0.25, 0.3) is 0 Å². The van der Waals surface area contributed by atoms with Crippen molar-refractivity contribution in [2.75, 3.05) is 16.4 Å². The van der Waals surface area contributed by atoms with Crippen LogP contribution in [0.2, 0.25) is 10.0 Å². The topological polar surface area (TPSA) is 94.4 Å². The van der Waals surface area contributed by atoms with Crippen molar-refractivity contribution in [1.29, 1.82) is 5.26 Å². The summed E-state index contributed by atoms with van der Waals surface area (Å²) < 4.78 is 0. The number of nitriles is 1. The van der Waals surface area contributed by atoms with Gasteiger partial charge in [-0.2, -0.15) is 16.6 Å². The van der Waals surface area contributed by atoms with Crippen LogP contribution in [0.4, 0.5) is 11.4 Å². The number of halogens is 2. The Morgan fingerprint density at radius 2 is 1.86 bits per heavy atom. The largest absolute Gasteiger partial charge is 0.325 e. The van der Waals surface area contributed by atoms with Gasteiger partial charge in [-0.3, -0.25) is 9.59 Å². The van der Waals surface area contributed by atoms with Gasteiger partial charge in [-0.05, 0) is 78.2 Å². The van der Waals surface area contributed by atoms with E-state index in [1.165, 1.54) is 23.1 Å². The summed E-state index contributed by atoms with van der Waals surface area (Å²) in [6, 6.07) is 16.4. The van der Waals surface area contributed by atoms with Crippen LogP contribution in [-0.4, -0.2) is 22.6 Å². The first kappa shape index (κ1) is 27.0. The number of aliphatic imine (C=N–C) groups is 1. The van der Waals surface area contributed by atoms with Gasteiger partial charge in [0.1, 0.15) is 5.92 Å². The Labute approximate surface area is 233 Å². The molecule has 3 aromatic rings. The van der Waals surface area contributed by atoms with Crippen molar-refractivity contribution in [2.24, 2.45) is 10.9 Å². The highest BCUT2D eigenvalue weighted by Crippen LogP contribution is 2.42. The van der Waals surface area contributed by atoms with E-state index in [9.17, 15) is 14.9 Å². The van der Waals surface area contributed by atoms with Crippen molar-refractivity contribution in [2.45, 2.75) is 19.8 Å². The predicted octanol–water partition coefficient (Wildman–Crippen LogP) is 7.28. The van der Waals surface area contributed by atoms with Crippen LogP contribution in [0.5, 0.6) is 0 Å². The number of hydrogen-bond donors (Lipinski definition) is 2. The number of amides is 2. The second kappa shape index (κ2) is 12.0. The number of nitrogens with one attached hydrogen (secondary N) is 2. The molecule has 1 aliphatic rings. The lowest BCUT2D eigenvalue weighted by atomic mass is 9.79. The first-order valence-electron chi connectivity index (χ1n) is 11.2. The van der Waals surface area contributed by atoms with E-state index in [0.717, 1.165) is 11.1 Å². The first-order valence-corrected chi connectivity index (χ1v) is 13.9. The minimum atomic E-state index is -0.727. The molecule has 1 aliphatic heterocycles. The number of carbonyl (C=O) groups is 2. The molecule has 2 heterocycles. The Kier molecular flexibility index (Phi) is 8.72. The van der Waals surface area contributed by atoms with Crippen molar-refractivity contribution in [1.82, 2.24) is 0 Å². The van der Waals surface area contributed by atoms with Crippen molar-refractivity contribution in [3.8, 4) is 6.07 Å². The fourth-order valence-electron chi connectivity index (χ4n) is 4.00. The summed E-state index contributed by atoms with van der Waals surface area (Å²) in [7, 11) is 0. The molecular weight excluding hydrogens is 547 g/mol. The Bertz CT molecular complexity index is 1430. The van der Waals surface area contributed by atoms with Crippen molar-refractivity contribution < 1.29 is 9.59 Å². The SMILES string of the molecule is CC1=C(C(=O)Nc2ccc(Cl)cc2)C(c2ccsc2)C(C#N)C(SCC(=O)Nc2cccc(Cl)c2C)=N1. The summed E-state index contributed by atoms with van der Waals surface area (Å²) in [5, 5.41) is 21.4. The Morgan fingerprint density at radius 3 is 2.54 bits per heavy atom. The fourth-order valence-corrected chi connectivity index (χ4v) is 5.92. The third-order valence-electron chi connectivity index (χ3n) is 5.86. The molecule has 37 heavy (non-hydrogen) atoms. The molecule has 2 atom stereocenters. The van der Waals surface area contributed by atoms with Gasteiger partial charge in [0.25, 0.3) is 5.91 Å². The van der Waals surface area contributed by atoms with E-state index in [-0.39, 0.29) is 17.6 Å². The van der Waals surface area contributed by atoms with Crippen LogP contribution in [0.1, 0.15) is 24.0 Å². The lowest BCUT2D eigenvalue weighted by molar-refractivity contribution is -0.114. The Morgan fingerprint density at radius 1 is 1.11 bits per heavy atom. The molecule has 0 bridgehead atoms. The monoisotopic (exact) mass is 568 g/mol. The van der Waals surface area contributed by atoms with Gasteiger partial charge in [-0.15, -0.1) is 0 Å². The van der Waals surface area contributed by atoms with E-state index in [1.807, 2.05) is 23.8 Å². The molecule has 0 radical (unpaired) electrons. The van der Waals surface area contributed by atoms with Crippen LogP contribution in [-0.2, 0) is 9.59 Å². The van der Waals surface area contributed by atoms with Gasteiger partial charge in [-0.25, -0.2) is 4.99 Å². The molecule has 2 amide bonds. The van der Waals surface area contributed by atoms with Crippen molar-refractivity contribution >= 4 is 74.5 Å². The van der Waals surface area contributed by atoms with Crippen LogP contribution < -0.4 is 10.6 Å². The average molecular weight is 570 g/mol. The van der Waals surface area contributed by atoms with Gasteiger partial charge < -0.3 is 10.6 Å². The molecule has 0 aliphatic carbocycles. The zero-order valence-corrected chi connectivity index (χ0v) is 23.1. The van der Waals surface area contributed by atoms with E-state index < -0.39 is 11.8 Å². The van der Waals surface area contributed by atoms with Crippen LogP contribution in [0.3, 0.4) is 0 Å². The third-order valence-corrected chi connectivity index (χ3v) is 8.27. The lowest BCUT2D eigenvalue weighted by Crippen LogP contribution is -2.31. The summed E-state index contributed by atoms with van der Waals surface area (Å²) in [6.07, 6.45) is 0. The molecule has 2 unspecified atom stereocenters. The molecule has 0 fully saturated rings. The fraction of sp³-hybridized carbons (Fsp3) is 0.185. The standard InChI is InChI=1S/C27H22Cl2N4O2S2/c1-15-21(29)4-3-5-22(15)33-23(34)14-37-27-20(12-30)25(17-10-11-36-13-17)24(16(2)31-27)26(35)32-19-8-6-18(28)7-9-19/h3-11,13,20,25H,14H2,1-2H3,(H,32,35)(H,33,34). The predicted molar refractivity (Wildman–Crippen MR) is 154 cm³/mol. The molecule has 10 heteroatoms. The highest BCUT2D eigenvalue weighted by molar-refractivity contribution is 8.14. The summed E-state index contributed by atoms with van der Waals surface area (Å²) in [4.78, 5) is 30.7. The second-order valence-corrected chi connectivity index (χ2v) is 10.9. The number of thiophene rings is 1. The van der Waals surface area contributed by atoms with Gasteiger partial charge in [0, 0.05) is 38.6 Å². The van der Waals surface area contributed by atoms with Gasteiger partial charge in [0.15, 0.2) is 0 Å². The quantitative estimate of drug-likeness (QED) is 0.326. The number of thioether (sulfide) groups is 1. The molecule has 2 aromatic carbocycles. The van der Waals surface area contributed by atoms with E-state index in [1.54, 1.807) is 49.4 Å². The minimum Gasteiger partial charge on any atom is -0.325 e. The van der Waals surface area contributed by atoms with Crippen LogP contribution in [0, 0.1) is 24.2 Å². The normalized spacial score (nSPS) is 17.1. The number of carbonyl (C=O) groups excluding carboxylic acids is 2. The van der Waals surface area contributed by atoms with Gasteiger partial charge >= 0.3 is 0 Å². The maximum absolute atomic E-state index is 13.4. The third kappa shape index (κ3) is 6.25. The number of nitrogens with zero attached hydrogens (tertiary/aromatic N) is 2. The van der Waals surface area contributed by atoms with Gasteiger partial charge in [-0.1, -0.05) is 41.0 Å². The molecule has 188 valence electrons. The van der Waals surface area contributed by atoms with Crippen LogP contribution in [0.15, 0.2) is 75.6 Å². The molecule has 1 aromatic heterocycles. The van der Waals surface area contributed by atoms with Crippen LogP contribution >= 0.6 is 46.3 Å². The number of hydrogen-bond acceptors (Lipinski definition) is 6. The highest BCUT2D eigenvalue weighted by atomic mass is 35.5. The zero-order valence-electron chi connectivity index (χ0n) is 19.9. The highest BCUT2D eigenvalue weighted by Gasteiger charge is 2.39. The number of benzene rings is 2. The Hall–Kier alpha value is -3.09. The molecule has 2 N–H and O–H groups in total. The van der Waals surface area contributed by atoms with Gasteiger partial charge in [0.2, 0.25) is 5.91 Å². The smallest absolute Gasteiger partial charge is 0.254 e. The molecule has 4 rings (SSSR count). The molecule has 0 saturated carbocycles. The van der Waals surface area contributed by atoms with Gasteiger partial charge in [0.05, 0.1) is 16.9 Å². The summed E-state index contributed by atoms with van der Waals surface area (Å²) in [5.41, 5.74) is 3.77. The first-order chi connectivity index (χ1) is 17.8. The molecular formula is C27H22Cl2N4O2S2. The van der Waals surface area contributed by atoms with Crippen molar-refractivity contribution in [3.05, 3.63) is 91.7 Å². The summed E-state index contributed by atoms with van der Waals surface area (Å²) in [6.45, 7) is 3.58. The zero-order chi connectivity index (χ0) is 26.5. The minimum absolute atomic E-state index is 0.0545. The maximum Gasteiger partial charge on any atom is 0.254 e. The molecule has 0 spiro atoms. The van der Waals surface area contributed by atoms with Crippen molar-refractivity contribution in [3.63, 3.8) is 0 Å². The van der Waals surface area contributed by atoms with E-state index >= 15 is 0 Å².